The number of fused-ring (bicyclic) bond motifs is 1. The molecule has 1 fully saturated rings. The van der Waals surface area contributed by atoms with Crippen molar-refractivity contribution < 1.29 is 38.2 Å². The van der Waals surface area contributed by atoms with Crippen LogP contribution < -0.4 is 11.1 Å². The number of hydrogen-bond donors (Lipinski definition) is 2. The molecule has 0 aliphatic carbocycles. The summed E-state index contributed by atoms with van der Waals surface area (Å²) in [5.74, 6) is -2.26. The number of nitrogens with one attached hydrogen (secondary N) is 1. The van der Waals surface area contributed by atoms with Crippen LogP contribution in [0.2, 0.25) is 0 Å². The molecule has 0 saturated carbocycles. The van der Waals surface area contributed by atoms with Gasteiger partial charge in [-0.3, -0.25) is 19.3 Å². The number of methoxy groups -OCH3 is 1. The fourth-order valence-electron chi connectivity index (χ4n) is 3.37. The van der Waals surface area contributed by atoms with E-state index in [1.54, 1.807) is 38.3 Å². The number of anilines is 1. The zero-order valence-electron chi connectivity index (χ0n) is 21.5. The van der Waals surface area contributed by atoms with Gasteiger partial charge in [0.05, 0.1) is 12.0 Å². The van der Waals surface area contributed by atoms with E-state index in [-0.39, 0.29) is 22.2 Å². The Balaban J connectivity index is 1.77. The molecule has 3 N–H and O–H groups in total. The van der Waals surface area contributed by atoms with Crippen molar-refractivity contribution in [2.75, 3.05) is 39.1 Å². The zero-order chi connectivity index (χ0) is 28.0. The molecule has 1 aromatic rings. The third-order valence-electron chi connectivity index (χ3n) is 5.21. The Kier molecular flexibility index (Phi) is 9.51. The number of thioether (sulfide) groups is 1. The van der Waals surface area contributed by atoms with Gasteiger partial charge in [0.15, 0.2) is 10.8 Å². The number of nitrogens with two attached hydrogens (primary N) is 1. The standard InChI is InChI=1S/C23H29N5O8S2/c1-23(2,3)21(32)36-11-35-20(31)16-12(7-6-8-33-4)9-37-19-15(18(30)28(16)19)26-17(29)14(27-34-5)13-10-38-22(24)25-13/h6-7,10,15,19H,8-9,11H2,1-5H3,(H2,24,25)(H,26,29)/b7-6-,27-14-/t15-,19-/m1/s1. The van der Waals surface area contributed by atoms with Crippen LogP contribution in [0, 0.1) is 5.41 Å². The summed E-state index contributed by atoms with van der Waals surface area (Å²) in [4.78, 5) is 61.2. The van der Waals surface area contributed by atoms with Crippen molar-refractivity contribution in [1.82, 2.24) is 15.2 Å². The number of carbonyl (C=O) groups excluding carboxylic acids is 4. The van der Waals surface area contributed by atoms with Gasteiger partial charge in [0.1, 0.15) is 29.9 Å². The first-order valence-corrected chi connectivity index (χ1v) is 13.2. The van der Waals surface area contributed by atoms with Crippen LogP contribution in [-0.2, 0) is 38.2 Å². The number of nitrogens with zero attached hydrogens (tertiary/aromatic N) is 3. The summed E-state index contributed by atoms with van der Waals surface area (Å²) in [7, 11) is 2.80. The number of esters is 2. The number of amides is 2. The van der Waals surface area contributed by atoms with Crippen LogP contribution >= 0.6 is 23.1 Å². The maximum absolute atomic E-state index is 13.2. The number of nitrogen functional groups attached to an aromatic ring is 1. The van der Waals surface area contributed by atoms with Crippen LogP contribution in [0.1, 0.15) is 26.5 Å². The van der Waals surface area contributed by atoms with Crippen molar-refractivity contribution in [2.24, 2.45) is 10.6 Å². The molecular formula is C23H29N5O8S2. The second-order valence-electron chi connectivity index (χ2n) is 9.02. The summed E-state index contributed by atoms with van der Waals surface area (Å²) in [5, 5.41) is 7.55. The lowest BCUT2D eigenvalue weighted by atomic mass is 9.98. The molecule has 0 radical (unpaired) electrons. The molecular weight excluding hydrogens is 538 g/mol. The molecule has 206 valence electrons. The molecule has 2 aliphatic rings. The maximum Gasteiger partial charge on any atom is 0.358 e. The van der Waals surface area contributed by atoms with Gasteiger partial charge in [-0.05, 0) is 26.3 Å². The molecule has 13 nitrogen and oxygen atoms in total. The summed E-state index contributed by atoms with van der Waals surface area (Å²) >= 11 is 2.48. The molecule has 0 bridgehead atoms. The van der Waals surface area contributed by atoms with Crippen LogP contribution in [0.3, 0.4) is 0 Å². The highest BCUT2D eigenvalue weighted by Crippen LogP contribution is 2.41. The lowest BCUT2D eigenvalue weighted by molar-refractivity contribution is -0.173. The summed E-state index contributed by atoms with van der Waals surface area (Å²) < 4.78 is 15.2. The van der Waals surface area contributed by atoms with Gasteiger partial charge in [-0.15, -0.1) is 23.1 Å². The van der Waals surface area contributed by atoms with Gasteiger partial charge < -0.3 is 30.1 Å². The van der Waals surface area contributed by atoms with Gasteiger partial charge >= 0.3 is 11.9 Å². The van der Waals surface area contributed by atoms with Crippen molar-refractivity contribution >= 4 is 57.7 Å². The van der Waals surface area contributed by atoms with Gasteiger partial charge in [0, 0.05) is 18.2 Å². The van der Waals surface area contributed by atoms with E-state index < -0.39 is 47.4 Å². The molecule has 0 spiro atoms. The molecule has 0 aromatic carbocycles. The molecule has 1 saturated heterocycles. The molecule has 0 unspecified atom stereocenters. The summed E-state index contributed by atoms with van der Waals surface area (Å²) in [5.41, 5.74) is 5.46. The lowest BCUT2D eigenvalue weighted by Crippen LogP contribution is -2.71. The van der Waals surface area contributed by atoms with Crippen LogP contribution in [-0.4, -0.2) is 84.1 Å². The third kappa shape index (κ3) is 6.52. The number of allylic oxidation sites excluding steroid dienone is 1. The van der Waals surface area contributed by atoms with Gasteiger partial charge in [0.2, 0.25) is 6.79 Å². The molecule has 2 atom stereocenters. The third-order valence-corrected chi connectivity index (χ3v) is 7.19. The Labute approximate surface area is 227 Å². The van der Waals surface area contributed by atoms with Crippen LogP contribution in [0.15, 0.2) is 34.0 Å². The van der Waals surface area contributed by atoms with Gasteiger partial charge in [0.25, 0.3) is 11.8 Å². The van der Waals surface area contributed by atoms with Crippen molar-refractivity contribution in [3.05, 3.63) is 34.5 Å². The normalized spacial score (nSPS) is 19.7. The predicted molar refractivity (Wildman–Crippen MR) is 140 cm³/mol. The van der Waals surface area contributed by atoms with E-state index in [4.69, 9.17) is 24.8 Å². The minimum absolute atomic E-state index is 0.00136. The number of thiazole rings is 1. The first-order chi connectivity index (χ1) is 18.0. The highest BCUT2D eigenvalue weighted by atomic mass is 32.2. The number of aromatic nitrogens is 1. The summed E-state index contributed by atoms with van der Waals surface area (Å²) in [6.45, 7) is 4.68. The zero-order valence-corrected chi connectivity index (χ0v) is 23.1. The Morgan fingerprint density at radius 2 is 2.03 bits per heavy atom. The van der Waals surface area contributed by atoms with Gasteiger partial charge in [-0.1, -0.05) is 17.3 Å². The molecule has 38 heavy (non-hydrogen) atoms. The molecule has 2 amide bonds. The fraction of sp³-hybridized carbons (Fsp3) is 0.478. The first kappa shape index (κ1) is 29.1. The Hall–Kier alpha value is -3.43. The fourth-order valence-corrected chi connectivity index (χ4v) is 5.24. The van der Waals surface area contributed by atoms with E-state index in [0.29, 0.717) is 17.9 Å². The van der Waals surface area contributed by atoms with E-state index in [0.717, 1.165) is 11.3 Å². The van der Waals surface area contributed by atoms with Crippen molar-refractivity contribution in [2.45, 2.75) is 32.2 Å². The average Bonchev–Trinajstić information content (AvgIpc) is 3.30. The van der Waals surface area contributed by atoms with Crippen LogP contribution in [0.4, 0.5) is 5.13 Å². The number of β-lactam (4-membered cyclic amide) rings is 1. The molecule has 3 rings (SSSR count). The SMILES string of the molecule is COC/C=C\C1=C(C(=O)OCOC(=O)C(C)(C)C)N2C(=O)[C@@H](NC(=O)/C(=N\OC)c3csc(N)n3)[C@H]2SC1. The first-order valence-electron chi connectivity index (χ1n) is 11.3. The summed E-state index contributed by atoms with van der Waals surface area (Å²) in [6, 6.07) is -0.948. The highest BCUT2D eigenvalue weighted by molar-refractivity contribution is 8.00. The number of oxime groups is 1. The van der Waals surface area contributed by atoms with E-state index in [9.17, 15) is 19.2 Å². The molecule has 15 heteroatoms. The maximum atomic E-state index is 13.2. The minimum atomic E-state index is -0.948. The van der Waals surface area contributed by atoms with E-state index in [1.165, 1.54) is 30.9 Å². The molecule has 3 heterocycles. The number of rotatable bonds is 10. The monoisotopic (exact) mass is 567 g/mol. The largest absolute Gasteiger partial charge is 0.427 e. The number of ether oxygens (including phenoxy) is 3. The Morgan fingerprint density at radius 3 is 2.63 bits per heavy atom. The molecule has 2 aliphatic heterocycles. The average molecular weight is 568 g/mol. The Bertz CT molecular complexity index is 1190. The van der Waals surface area contributed by atoms with E-state index in [1.807, 2.05) is 0 Å². The minimum Gasteiger partial charge on any atom is -0.427 e. The topological polar surface area (TPSA) is 172 Å². The number of hydrogen-bond acceptors (Lipinski definition) is 13. The second-order valence-corrected chi connectivity index (χ2v) is 11.0. The molecule has 1 aromatic heterocycles. The van der Waals surface area contributed by atoms with E-state index in [2.05, 4.69) is 15.5 Å². The smallest absolute Gasteiger partial charge is 0.358 e. The quantitative estimate of drug-likeness (QED) is 0.136. The van der Waals surface area contributed by atoms with Gasteiger partial charge in [-0.2, -0.15) is 0 Å². The van der Waals surface area contributed by atoms with Crippen LogP contribution in [0.5, 0.6) is 0 Å². The number of carbonyl (C=O) groups is 4. The van der Waals surface area contributed by atoms with Gasteiger partial charge in [-0.25, -0.2) is 9.78 Å². The van der Waals surface area contributed by atoms with Crippen molar-refractivity contribution in [3.8, 4) is 0 Å². The lowest BCUT2D eigenvalue weighted by Gasteiger charge is -2.49. The predicted octanol–water partition coefficient (Wildman–Crippen LogP) is 1.02. The Morgan fingerprint density at radius 1 is 1.29 bits per heavy atom. The van der Waals surface area contributed by atoms with E-state index >= 15 is 0 Å². The van der Waals surface area contributed by atoms with Crippen molar-refractivity contribution in [3.63, 3.8) is 0 Å². The van der Waals surface area contributed by atoms with Crippen LogP contribution in [0.25, 0.3) is 0 Å². The second kappa shape index (κ2) is 12.4. The highest BCUT2D eigenvalue weighted by Gasteiger charge is 2.54. The summed E-state index contributed by atoms with van der Waals surface area (Å²) in [6.07, 6.45) is 3.36. The van der Waals surface area contributed by atoms with Crippen molar-refractivity contribution in [1.29, 1.82) is 0 Å².